The lowest BCUT2D eigenvalue weighted by Gasteiger charge is -2.04. The predicted octanol–water partition coefficient (Wildman–Crippen LogP) is 8.48. The van der Waals surface area contributed by atoms with E-state index in [2.05, 4.69) is 20.8 Å². The van der Waals surface area contributed by atoms with Gasteiger partial charge >= 0.3 is 7.80 Å². The van der Waals surface area contributed by atoms with E-state index < -0.39 is 7.80 Å². The molecule has 0 heterocycles. The van der Waals surface area contributed by atoms with Crippen LogP contribution in [0.15, 0.2) is 0 Å². The Kier molecular flexibility index (Phi) is 18.5. The highest BCUT2D eigenvalue weighted by Crippen LogP contribution is 2.32. The van der Waals surface area contributed by atoms with Crippen LogP contribution in [0.3, 0.4) is 0 Å². The van der Waals surface area contributed by atoms with Crippen LogP contribution in [0.4, 0.5) is 0 Å². The first kappa shape index (κ1) is 23.1. The molecule has 0 saturated carbocycles. The van der Waals surface area contributed by atoms with Crippen LogP contribution in [0, 0.1) is 0 Å². The van der Waals surface area contributed by atoms with Gasteiger partial charge in [-0.2, -0.15) is 0 Å². The SMILES string of the molecule is CCCCCCCCCCCCCCCCC(C)[P+](=O)CCC. The van der Waals surface area contributed by atoms with Crippen molar-refractivity contribution in [2.75, 3.05) is 6.16 Å². The van der Waals surface area contributed by atoms with Crippen LogP contribution in [-0.4, -0.2) is 11.8 Å². The lowest BCUT2D eigenvalue weighted by atomic mass is 10.0. The maximum atomic E-state index is 11.9. The molecule has 0 bridgehead atoms. The number of hydrogen-bond donors (Lipinski definition) is 0. The van der Waals surface area contributed by atoms with Crippen molar-refractivity contribution in [3.63, 3.8) is 0 Å². The summed E-state index contributed by atoms with van der Waals surface area (Å²) < 4.78 is 11.9. The Labute approximate surface area is 148 Å². The second-order valence-corrected chi connectivity index (χ2v) is 9.54. The molecule has 1 nitrogen and oxygen atoms in total. The highest BCUT2D eigenvalue weighted by atomic mass is 31.1. The molecular weight excluding hydrogens is 299 g/mol. The molecule has 0 N–H and O–H groups in total. The molecule has 0 aromatic rings. The maximum absolute atomic E-state index is 11.9. The van der Waals surface area contributed by atoms with Crippen molar-refractivity contribution < 1.29 is 4.57 Å². The highest BCUT2D eigenvalue weighted by Gasteiger charge is 2.22. The lowest BCUT2D eigenvalue weighted by molar-refractivity contribution is 0.529. The van der Waals surface area contributed by atoms with Crippen molar-refractivity contribution >= 4 is 7.80 Å². The molecule has 2 unspecified atom stereocenters. The molecule has 2 atom stereocenters. The van der Waals surface area contributed by atoms with Crippen LogP contribution in [0.5, 0.6) is 0 Å². The van der Waals surface area contributed by atoms with E-state index in [4.69, 9.17) is 0 Å². The van der Waals surface area contributed by atoms with E-state index in [0.29, 0.717) is 5.66 Å². The van der Waals surface area contributed by atoms with Crippen molar-refractivity contribution in [3.8, 4) is 0 Å². The average Bonchev–Trinajstić information content (AvgIpc) is 2.55. The Hall–Kier alpha value is 0.100. The van der Waals surface area contributed by atoms with Gasteiger partial charge in [0.2, 0.25) is 0 Å². The minimum atomic E-state index is -0.934. The molecule has 0 rings (SSSR count). The number of hydrogen-bond acceptors (Lipinski definition) is 1. The summed E-state index contributed by atoms with van der Waals surface area (Å²) in [5, 5.41) is 0. The van der Waals surface area contributed by atoms with Crippen molar-refractivity contribution in [2.24, 2.45) is 0 Å². The fourth-order valence-corrected chi connectivity index (χ4v) is 4.57. The van der Waals surface area contributed by atoms with Gasteiger partial charge in [0.1, 0.15) is 6.16 Å². The molecule has 0 radical (unpaired) electrons. The number of unbranched alkanes of at least 4 members (excludes halogenated alkanes) is 13. The number of rotatable bonds is 18. The third kappa shape index (κ3) is 16.7. The molecule has 0 aliphatic heterocycles. The van der Waals surface area contributed by atoms with E-state index in [1.54, 1.807) is 0 Å². The molecule has 2 heteroatoms. The zero-order valence-corrected chi connectivity index (χ0v) is 17.3. The first-order valence-electron chi connectivity index (χ1n) is 10.7. The minimum Gasteiger partial charge on any atom is -0.0745 e. The largest absolute Gasteiger partial charge is 0.341 e. The second-order valence-electron chi connectivity index (χ2n) is 7.37. The van der Waals surface area contributed by atoms with E-state index in [0.717, 1.165) is 12.6 Å². The third-order valence-electron chi connectivity index (χ3n) is 4.91. The summed E-state index contributed by atoms with van der Waals surface area (Å²) in [7, 11) is -0.934. The van der Waals surface area contributed by atoms with Crippen LogP contribution in [0.1, 0.15) is 124 Å². The molecule has 0 spiro atoms. The Balaban J connectivity index is 3.14. The molecule has 0 fully saturated rings. The standard InChI is InChI=1S/C21H44OP/c1-4-6-7-8-9-10-11-12-13-14-15-16-17-18-19-21(3)23(22)20-5-2/h21H,4-20H2,1-3H3/q+1. The van der Waals surface area contributed by atoms with Gasteiger partial charge in [-0.05, 0) is 26.2 Å². The summed E-state index contributed by atoms with van der Waals surface area (Å²) >= 11 is 0. The molecule has 0 amide bonds. The minimum absolute atomic E-state index is 0.447. The zero-order chi connectivity index (χ0) is 17.2. The van der Waals surface area contributed by atoms with Crippen LogP contribution in [-0.2, 0) is 4.57 Å². The molecular formula is C21H44OP+. The van der Waals surface area contributed by atoms with Gasteiger partial charge in [0.05, 0.1) is 0 Å². The van der Waals surface area contributed by atoms with Crippen molar-refractivity contribution in [2.45, 2.75) is 129 Å². The summed E-state index contributed by atoms with van der Waals surface area (Å²) in [4.78, 5) is 0. The van der Waals surface area contributed by atoms with Gasteiger partial charge in [0, 0.05) is 0 Å². The lowest BCUT2D eigenvalue weighted by Crippen LogP contribution is -1.97. The summed E-state index contributed by atoms with van der Waals surface area (Å²) in [6.07, 6.45) is 22.9. The van der Waals surface area contributed by atoms with E-state index in [-0.39, 0.29) is 0 Å². The van der Waals surface area contributed by atoms with Gasteiger partial charge in [0.25, 0.3) is 0 Å². The average molecular weight is 344 g/mol. The van der Waals surface area contributed by atoms with Crippen molar-refractivity contribution in [1.82, 2.24) is 0 Å². The van der Waals surface area contributed by atoms with Crippen LogP contribution in [0.2, 0.25) is 0 Å². The van der Waals surface area contributed by atoms with Gasteiger partial charge in [-0.15, -0.1) is 0 Å². The van der Waals surface area contributed by atoms with Gasteiger partial charge in [-0.25, -0.2) is 0 Å². The molecule has 0 saturated heterocycles. The van der Waals surface area contributed by atoms with Gasteiger partial charge in [0.15, 0.2) is 5.66 Å². The summed E-state index contributed by atoms with van der Waals surface area (Å²) in [5.41, 5.74) is 0.447. The fourth-order valence-electron chi connectivity index (χ4n) is 3.22. The normalized spacial score (nSPS) is 13.3. The molecule has 0 aromatic carbocycles. The Morgan fingerprint density at radius 1 is 0.609 bits per heavy atom. The van der Waals surface area contributed by atoms with E-state index in [9.17, 15) is 4.57 Å². The van der Waals surface area contributed by atoms with Gasteiger partial charge in [-0.1, -0.05) is 102 Å². The molecule has 0 aliphatic rings. The predicted molar refractivity (Wildman–Crippen MR) is 107 cm³/mol. The quantitative estimate of drug-likeness (QED) is 0.180. The monoisotopic (exact) mass is 343 g/mol. The van der Waals surface area contributed by atoms with Crippen molar-refractivity contribution in [3.05, 3.63) is 0 Å². The molecule has 0 aromatic heterocycles. The maximum Gasteiger partial charge on any atom is 0.341 e. The molecule has 0 aliphatic carbocycles. The summed E-state index contributed by atoms with van der Waals surface area (Å²) in [6, 6.07) is 0. The third-order valence-corrected chi connectivity index (χ3v) is 7.04. The first-order valence-corrected chi connectivity index (χ1v) is 12.2. The first-order chi connectivity index (χ1) is 11.2. The molecule has 23 heavy (non-hydrogen) atoms. The smallest absolute Gasteiger partial charge is 0.0745 e. The fraction of sp³-hybridized carbons (Fsp3) is 1.00. The topological polar surface area (TPSA) is 17.1 Å². The van der Waals surface area contributed by atoms with Crippen LogP contribution in [0.25, 0.3) is 0 Å². The Bertz CT molecular complexity index is 252. The van der Waals surface area contributed by atoms with Crippen LogP contribution < -0.4 is 0 Å². The Morgan fingerprint density at radius 3 is 1.39 bits per heavy atom. The van der Waals surface area contributed by atoms with Crippen LogP contribution >= 0.6 is 7.80 Å². The van der Waals surface area contributed by atoms with E-state index >= 15 is 0 Å². The second kappa shape index (κ2) is 18.4. The van der Waals surface area contributed by atoms with Crippen molar-refractivity contribution in [1.29, 1.82) is 0 Å². The van der Waals surface area contributed by atoms with Gasteiger partial charge < -0.3 is 0 Å². The van der Waals surface area contributed by atoms with E-state index in [1.807, 2.05) is 0 Å². The summed E-state index contributed by atoms with van der Waals surface area (Å²) in [5.74, 6) is 0. The highest BCUT2D eigenvalue weighted by molar-refractivity contribution is 7.45. The molecule has 138 valence electrons. The van der Waals surface area contributed by atoms with E-state index in [1.165, 1.54) is 96.3 Å². The van der Waals surface area contributed by atoms with Gasteiger partial charge in [-0.3, -0.25) is 0 Å². The summed E-state index contributed by atoms with van der Waals surface area (Å²) in [6.45, 7) is 6.59. The zero-order valence-electron chi connectivity index (χ0n) is 16.5. The Morgan fingerprint density at radius 2 is 1.00 bits per heavy atom.